The first kappa shape index (κ1) is 13.8. The Kier molecular flexibility index (Phi) is 4.61. The summed E-state index contributed by atoms with van der Waals surface area (Å²) in [6, 6.07) is 0. The minimum absolute atomic E-state index is 0.0397. The summed E-state index contributed by atoms with van der Waals surface area (Å²) in [5.74, 6) is 0.406. The van der Waals surface area contributed by atoms with E-state index < -0.39 is 0 Å². The Morgan fingerprint density at radius 1 is 1.25 bits per heavy atom. The molecule has 0 spiro atoms. The largest absolute Gasteiger partial charge is 0.281 e. The number of allylic oxidation sites excluding steroid dienone is 2. The third-order valence-corrected chi connectivity index (χ3v) is 3.95. The van der Waals surface area contributed by atoms with Crippen LogP contribution in [-0.4, -0.2) is 5.24 Å². The van der Waals surface area contributed by atoms with Crippen molar-refractivity contribution in [3.8, 4) is 0 Å². The molecule has 0 heterocycles. The molecule has 1 aliphatic carbocycles. The van der Waals surface area contributed by atoms with Gasteiger partial charge in [0.1, 0.15) is 0 Å². The third-order valence-electron chi connectivity index (χ3n) is 3.71. The van der Waals surface area contributed by atoms with E-state index in [0.717, 1.165) is 12.8 Å². The molecule has 92 valence electrons. The highest BCUT2D eigenvalue weighted by molar-refractivity contribution is 6.64. The molecule has 0 amide bonds. The van der Waals surface area contributed by atoms with Crippen molar-refractivity contribution in [1.29, 1.82) is 0 Å². The van der Waals surface area contributed by atoms with E-state index in [0.29, 0.717) is 5.92 Å². The lowest BCUT2D eigenvalue weighted by atomic mass is 10.0. The van der Waals surface area contributed by atoms with Crippen molar-refractivity contribution in [2.75, 3.05) is 0 Å². The second-order valence-electron chi connectivity index (χ2n) is 5.45. The molecule has 0 bridgehead atoms. The summed E-state index contributed by atoms with van der Waals surface area (Å²) in [6.07, 6.45) is 6.99. The lowest BCUT2D eigenvalue weighted by Gasteiger charge is -2.05. The molecular formula is C14H23ClO. The van der Waals surface area contributed by atoms with Gasteiger partial charge in [0.15, 0.2) is 0 Å². The van der Waals surface area contributed by atoms with Crippen LogP contribution in [0.15, 0.2) is 11.6 Å². The van der Waals surface area contributed by atoms with Crippen molar-refractivity contribution in [1.82, 2.24) is 0 Å². The maximum Gasteiger partial charge on any atom is 0.225 e. The maximum absolute atomic E-state index is 11.3. The van der Waals surface area contributed by atoms with Crippen molar-refractivity contribution in [2.24, 2.45) is 17.3 Å². The zero-order valence-electron chi connectivity index (χ0n) is 10.8. The van der Waals surface area contributed by atoms with E-state index in [9.17, 15) is 4.79 Å². The molecule has 1 rings (SSSR count). The van der Waals surface area contributed by atoms with Crippen molar-refractivity contribution in [3.05, 3.63) is 11.6 Å². The van der Waals surface area contributed by atoms with E-state index in [-0.39, 0.29) is 16.6 Å². The van der Waals surface area contributed by atoms with Crippen molar-refractivity contribution < 1.29 is 4.79 Å². The van der Waals surface area contributed by atoms with Crippen LogP contribution in [0.5, 0.6) is 0 Å². The van der Waals surface area contributed by atoms with Gasteiger partial charge >= 0.3 is 0 Å². The molecule has 0 saturated heterocycles. The monoisotopic (exact) mass is 242 g/mol. The Bertz CT molecular complexity index is 283. The summed E-state index contributed by atoms with van der Waals surface area (Å²) in [5, 5.41) is -0.168. The predicted octanol–water partition coefficient (Wildman–Crippen LogP) is 4.55. The van der Waals surface area contributed by atoms with Crippen LogP contribution >= 0.6 is 11.6 Å². The molecule has 0 N–H and O–H groups in total. The first-order chi connectivity index (χ1) is 7.45. The van der Waals surface area contributed by atoms with Gasteiger partial charge in [-0.3, -0.25) is 4.79 Å². The van der Waals surface area contributed by atoms with Gasteiger partial charge in [-0.1, -0.05) is 52.2 Å². The molecule has 0 aromatic rings. The molecule has 2 unspecified atom stereocenters. The highest BCUT2D eigenvalue weighted by Gasteiger charge is 2.59. The number of carbonyl (C=O) groups excluding carboxylic acids is 1. The average Bonchev–Trinajstić information content (AvgIpc) is 2.69. The summed E-state index contributed by atoms with van der Waals surface area (Å²) in [7, 11) is 0. The molecule has 0 aliphatic heterocycles. The number of halogens is 1. The van der Waals surface area contributed by atoms with E-state index >= 15 is 0 Å². The number of rotatable bonds is 6. The minimum atomic E-state index is -0.168. The summed E-state index contributed by atoms with van der Waals surface area (Å²) < 4.78 is 0. The van der Waals surface area contributed by atoms with Gasteiger partial charge in [0.2, 0.25) is 5.24 Å². The fourth-order valence-corrected chi connectivity index (χ4v) is 3.03. The maximum atomic E-state index is 11.3. The minimum Gasteiger partial charge on any atom is -0.281 e. The van der Waals surface area contributed by atoms with E-state index in [4.69, 9.17) is 11.6 Å². The zero-order chi connectivity index (χ0) is 12.3. The Hall–Kier alpha value is -0.300. The van der Waals surface area contributed by atoms with Crippen LogP contribution < -0.4 is 0 Å². The van der Waals surface area contributed by atoms with Gasteiger partial charge in [0, 0.05) is 5.92 Å². The summed E-state index contributed by atoms with van der Waals surface area (Å²) in [4.78, 5) is 11.3. The first-order valence-electron chi connectivity index (χ1n) is 6.34. The zero-order valence-corrected chi connectivity index (χ0v) is 11.6. The molecule has 1 fully saturated rings. The van der Waals surface area contributed by atoms with Crippen molar-refractivity contribution in [2.45, 2.75) is 53.4 Å². The lowest BCUT2D eigenvalue weighted by Crippen LogP contribution is -1.96. The molecule has 1 aliphatic rings. The second kappa shape index (κ2) is 5.35. The third kappa shape index (κ3) is 2.88. The average molecular weight is 243 g/mol. The van der Waals surface area contributed by atoms with Crippen molar-refractivity contribution >= 4 is 16.8 Å². The van der Waals surface area contributed by atoms with Crippen LogP contribution in [0.25, 0.3) is 0 Å². The molecule has 0 aromatic carbocycles. The number of carbonyl (C=O) groups is 1. The van der Waals surface area contributed by atoms with Crippen LogP contribution in [-0.2, 0) is 4.79 Å². The molecule has 0 radical (unpaired) electrons. The van der Waals surface area contributed by atoms with E-state index in [1.807, 2.05) is 0 Å². The molecule has 0 aromatic heterocycles. The first-order valence-corrected chi connectivity index (χ1v) is 6.71. The molecular weight excluding hydrogens is 220 g/mol. The van der Waals surface area contributed by atoms with Gasteiger partial charge in [-0.25, -0.2) is 0 Å². The molecule has 2 atom stereocenters. The highest BCUT2D eigenvalue weighted by atomic mass is 35.5. The topological polar surface area (TPSA) is 17.1 Å². The van der Waals surface area contributed by atoms with Crippen molar-refractivity contribution in [3.63, 3.8) is 0 Å². The predicted molar refractivity (Wildman–Crippen MR) is 69.5 cm³/mol. The van der Waals surface area contributed by atoms with Gasteiger partial charge in [-0.2, -0.15) is 0 Å². The van der Waals surface area contributed by atoms with Crippen LogP contribution in [0.3, 0.4) is 0 Å². The number of hydrogen-bond acceptors (Lipinski definition) is 1. The Labute approximate surface area is 104 Å². The van der Waals surface area contributed by atoms with Crippen LogP contribution in [0, 0.1) is 17.3 Å². The van der Waals surface area contributed by atoms with Gasteiger partial charge in [-0.15, -0.1) is 0 Å². The highest BCUT2D eigenvalue weighted by Crippen LogP contribution is 2.60. The normalized spacial score (nSPS) is 26.3. The summed E-state index contributed by atoms with van der Waals surface area (Å²) in [6.45, 7) is 8.67. The Balaban J connectivity index is 2.71. The summed E-state index contributed by atoms with van der Waals surface area (Å²) in [5.41, 5.74) is 1.58. The van der Waals surface area contributed by atoms with E-state index in [1.54, 1.807) is 0 Å². The Morgan fingerprint density at radius 2 is 1.75 bits per heavy atom. The van der Waals surface area contributed by atoms with Gasteiger partial charge in [-0.05, 0) is 35.8 Å². The standard InChI is InChI=1S/C14H23ClO/c1-5-7-10(8-6-2)9-11-12(13(15)16)14(11,3)4/h9,11-12H,5-8H2,1-4H3. The second-order valence-corrected chi connectivity index (χ2v) is 5.83. The quantitative estimate of drug-likeness (QED) is 0.493. The van der Waals surface area contributed by atoms with Crippen LogP contribution in [0.2, 0.25) is 0 Å². The van der Waals surface area contributed by atoms with E-state index in [2.05, 4.69) is 33.8 Å². The number of hydrogen-bond donors (Lipinski definition) is 0. The van der Waals surface area contributed by atoms with E-state index in [1.165, 1.54) is 18.4 Å². The summed E-state index contributed by atoms with van der Waals surface area (Å²) >= 11 is 5.62. The fraction of sp³-hybridized carbons (Fsp3) is 0.786. The molecule has 16 heavy (non-hydrogen) atoms. The van der Waals surface area contributed by atoms with Gasteiger partial charge in [0.25, 0.3) is 0 Å². The van der Waals surface area contributed by atoms with Gasteiger partial charge < -0.3 is 0 Å². The smallest absolute Gasteiger partial charge is 0.225 e. The molecule has 2 heteroatoms. The molecule has 1 saturated carbocycles. The van der Waals surface area contributed by atoms with Crippen LogP contribution in [0.1, 0.15) is 53.4 Å². The lowest BCUT2D eigenvalue weighted by molar-refractivity contribution is -0.113. The SMILES string of the molecule is CCCC(=CC1C(C(=O)Cl)C1(C)C)CCC. The van der Waals surface area contributed by atoms with Crippen LogP contribution in [0.4, 0.5) is 0 Å². The Morgan fingerprint density at radius 3 is 2.06 bits per heavy atom. The van der Waals surface area contributed by atoms with Gasteiger partial charge in [0.05, 0.1) is 0 Å². The fourth-order valence-electron chi connectivity index (χ4n) is 2.61. The molecule has 1 nitrogen and oxygen atoms in total.